The van der Waals surface area contributed by atoms with Crippen LogP contribution in [0.1, 0.15) is 29.7 Å². The van der Waals surface area contributed by atoms with E-state index in [1.165, 1.54) is 18.2 Å². The van der Waals surface area contributed by atoms with Gasteiger partial charge in [-0.05, 0) is 55.3 Å². The van der Waals surface area contributed by atoms with Crippen molar-refractivity contribution in [3.63, 3.8) is 0 Å². The molecule has 112 valence electrons. The van der Waals surface area contributed by atoms with Crippen molar-refractivity contribution in [3.05, 3.63) is 69.2 Å². The fourth-order valence-electron chi connectivity index (χ4n) is 2.45. The molecule has 0 saturated heterocycles. The van der Waals surface area contributed by atoms with Crippen LogP contribution in [0.25, 0.3) is 0 Å². The van der Waals surface area contributed by atoms with Crippen molar-refractivity contribution in [2.45, 2.75) is 26.3 Å². The zero-order valence-corrected chi connectivity index (χ0v) is 13.7. The monoisotopic (exact) mass is 353 g/mol. The molecule has 21 heavy (non-hydrogen) atoms. The van der Waals surface area contributed by atoms with Crippen molar-refractivity contribution in [2.75, 3.05) is 6.54 Å². The lowest BCUT2D eigenvalue weighted by molar-refractivity contribution is 0.505. The summed E-state index contributed by atoms with van der Waals surface area (Å²) in [6.07, 6.45) is 0.539. The average molecular weight is 354 g/mol. The van der Waals surface area contributed by atoms with E-state index >= 15 is 0 Å². The molecule has 4 heteroatoms. The quantitative estimate of drug-likeness (QED) is 0.803. The number of rotatable bonds is 5. The second-order valence-electron chi connectivity index (χ2n) is 5.02. The lowest BCUT2D eigenvalue weighted by Gasteiger charge is -2.21. The molecule has 0 aliphatic heterocycles. The van der Waals surface area contributed by atoms with Crippen LogP contribution in [-0.4, -0.2) is 6.54 Å². The summed E-state index contributed by atoms with van der Waals surface area (Å²) in [6.45, 7) is 4.62. The van der Waals surface area contributed by atoms with Gasteiger partial charge in [-0.15, -0.1) is 0 Å². The predicted octanol–water partition coefficient (Wildman–Crippen LogP) is 4.93. The molecule has 1 atom stereocenters. The summed E-state index contributed by atoms with van der Waals surface area (Å²) >= 11 is 3.41. The number of hydrogen-bond donors (Lipinski definition) is 1. The summed E-state index contributed by atoms with van der Waals surface area (Å²) in [7, 11) is 0. The van der Waals surface area contributed by atoms with Crippen LogP contribution in [0.2, 0.25) is 0 Å². The van der Waals surface area contributed by atoms with Gasteiger partial charge >= 0.3 is 0 Å². The number of likely N-dealkylation sites (N-methyl/N-ethyl adjacent to an activating group) is 1. The molecule has 2 aromatic carbocycles. The molecule has 0 fully saturated rings. The van der Waals surface area contributed by atoms with Crippen molar-refractivity contribution < 1.29 is 8.78 Å². The molecule has 0 spiro atoms. The van der Waals surface area contributed by atoms with Gasteiger partial charge in [-0.3, -0.25) is 0 Å². The van der Waals surface area contributed by atoms with Gasteiger partial charge in [-0.25, -0.2) is 8.78 Å². The zero-order valence-electron chi connectivity index (χ0n) is 12.1. The Bertz CT molecular complexity index is 608. The molecule has 0 heterocycles. The highest BCUT2D eigenvalue weighted by molar-refractivity contribution is 9.10. The third-order valence-corrected chi connectivity index (χ3v) is 4.23. The van der Waals surface area contributed by atoms with E-state index < -0.39 is 0 Å². The highest BCUT2D eigenvalue weighted by Crippen LogP contribution is 2.29. The molecule has 2 rings (SSSR count). The van der Waals surface area contributed by atoms with Gasteiger partial charge in [-0.2, -0.15) is 0 Å². The molecule has 0 bridgehead atoms. The Morgan fingerprint density at radius 3 is 2.62 bits per heavy atom. The van der Waals surface area contributed by atoms with E-state index in [1.807, 2.05) is 19.9 Å². The van der Waals surface area contributed by atoms with Gasteiger partial charge in [-0.1, -0.05) is 35.0 Å². The maximum Gasteiger partial charge on any atom is 0.129 e. The van der Waals surface area contributed by atoms with Crippen LogP contribution < -0.4 is 5.32 Å². The largest absolute Gasteiger partial charge is 0.310 e. The van der Waals surface area contributed by atoms with E-state index in [0.717, 1.165) is 15.6 Å². The summed E-state index contributed by atoms with van der Waals surface area (Å²) < 4.78 is 28.3. The van der Waals surface area contributed by atoms with Crippen molar-refractivity contribution in [2.24, 2.45) is 0 Å². The van der Waals surface area contributed by atoms with E-state index in [-0.39, 0.29) is 17.7 Å². The number of hydrogen-bond acceptors (Lipinski definition) is 1. The molecule has 0 aliphatic carbocycles. The fraction of sp³-hybridized carbons (Fsp3) is 0.294. The van der Waals surface area contributed by atoms with E-state index in [0.29, 0.717) is 18.5 Å². The zero-order chi connectivity index (χ0) is 15.4. The van der Waals surface area contributed by atoms with E-state index in [9.17, 15) is 8.78 Å². The third kappa shape index (κ3) is 3.89. The van der Waals surface area contributed by atoms with Gasteiger partial charge in [0.25, 0.3) is 0 Å². The Morgan fingerprint density at radius 1 is 1.19 bits per heavy atom. The standard InChI is InChI=1S/C17H18BrF2N/c1-3-21-16(17-14(18)5-4-6-15(17)20)10-12-9-13(19)8-7-11(12)2/h4-9,16,21H,3,10H2,1-2H3. The summed E-state index contributed by atoms with van der Waals surface area (Å²) in [4.78, 5) is 0. The molecule has 0 radical (unpaired) electrons. The SMILES string of the molecule is CCNC(Cc1cc(F)ccc1C)c1c(F)cccc1Br. The summed E-state index contributed by atoms with van der Waals surface area (Å²) in [6, 6.07) is 9.45. The lowest BCUT2D eigenvalue weighted by atomic mass is 9.95. The van der Waals surface area contributed by atoms with Crippen molar-refractivity contribution in [3.8, 4) is 0 Å². The Morgan fingerprint density at radius 2 is 1.95 bits per heavy atom. The van der Waals surface area contributed by atoms with Gasteiger partial charge in [0.1, 0.15) is 11.6 Å². The first-order chi connectivity index (χ1) is 10.0. The molecule has 0 saturated carbocycles. The van der Waals surface area contributed by atoms with Crippen LogP contribution in [0.15, 0.2) is 40.9 Å². The second kappa shape index (κ2) is 7.14. The summed E-state index contributed by atoms with van der Waals surface area (Å²) in [5, 5.41) is 3.28. The maximum absolute atomic E-state index is 14.2. The topological polar surface area (TPSA) is 12.0 Å². The second-order valence-corrected chi connectivity index (χ2v) is 5.87. The van der Waals surface area contributed by atoms with Crippen LogP contribution in [0.5, 0.6) is 0 Å². The lowest BCUT2D eigenvalue weighted by Crippen LogP contribution is -2.24. The van der Waals surface area contributed by atoms with Crippen molar-refractivity contribution in [1.82, 2.24) is 5.32 Å². The number of aryl methyl sites for hydroxylation is 1. The highest BCUT2D eigenvalue weighted by Gasteiger charge is 2.19. The van der Waals surface area contributed by atoms with Crippen LogP contribution >= 0.6 is 15.9 Å². The van der Waals surface area contributed by atoms with Crippen molar-refractivity contribution >= 4 is 15.9 Å². The Hall–Kier alpha value is -1.26. The first-order valence-corrected chi connectivity index (χ1v) is 7.74. The molecule has 1 N–H and O–H groups in total. The van der Waals surface area contributed by atoms with Gasteiger partial charge < -0.3 is 5.32 Å². The normalized spacial score (nSPS) is 12.4. The molecular weight excluding hydrogens is 336 g/mol. The number of benzene rings is 2. The maximum atomic E-state index is 14.2. The van der Waals surface area contributed by atoms with Gasteiger partial charge in [0.2, 0.25) is 0 Å². The Kier molecular flexibility index (Phi) is 5.48. The summed E-state index contributed by atoms with van der Waals surface area (Å²) in [5.41, 5.74) is 2.48. The summed E-state index contributed by atoms with van der Waals surface area (Å²) in [5.74, 6) is -0.525. The number of nitrogens with one attached hydrogen (secondary N) is 1. The van der Waals surface area contributed by atoms with Crippen LogP contribution in [-0.2, 0) is 6.42 Å². The van der Waals surface area contributed by atoms with E-state index in [1.54, 1.807) is 12.1 Å². The van der Waals surface area contributed by atoms with E-state index in [2.05, 4.69) is 21.2 Å². The van der Waals surface area contributed by atoms with Gasteiger partial charge in [0.15, 0.2) is 0 Å². The molecular formula is C17H18BrF2N. The molecule has 0 amide bonds. The molecule has 1 unspecified atom stereocenters. The third-order valence-electron chi connectivity index (χ3n) is 3.53. The first kappa shape index (κ1) is 16.1. The highest BCUT2D eigenvalue weighted by atomic mass is 79.9. The average Bonchev–Trinajstić information content (AvgIpc) is 2.43. The van der Waals surface area contributed by atoms with Crippen molar-refractivity contribution in [1.29, 1.82) is 0 Å². The molecule has 0 aliphatic rings. The minimum Gasteiger partial charge on any atom is -0.310 e. The predicted molar refractivity (Wildman–Crippen MR) is 85.4 cm³/mol. The Balaban J connectivity index is 2.38. The van der Waals surface area contributed by atoms with E-state index in [4.69, 9.17) is 0 Å². The first-order valence-electron chi connectivity index (χ1n) is 6.95. The number of halogens is 3. The van der Waals surface area contributed by atoms with Gasteiger partial charge in [0, 0.05) is 16.1 Å². The fourth-order valence-corrected chi connectivity index (χ4v) is 3.06. The minimum atomic E-state index is -0.265. The van der Waals surface area contributed by atoms with Crippen LogP contribution in [0, 0.1) is 18.6 Å². The molecule has 2 aromatic rings. The van der Waals surface area contributed by atoms with Gasteiger partial charge in [0.05, 0.1) is 0 Å². The minimum absolute atomic E-state index is 0.203. The smallest absolute Gasteiger partial charge is 0.129 e. The van der Waals surface area contributed by atoms with Crippen LogP contribution in [0.4, 0.5) is 8.78 Å². The molecule has 1 nitrogen and oxygen atoms in total. The molecule has 0 aromatic heterocycles. The Labute approximate surface area is 132 Å². The van der Waals surface area contributed by atoms with Crippen LogP contribution in [0.3, 0.4) is 0 Å².